The van der Waals surface area contributed by atoms with E-state index in [0.717, 1.165) is 5.57 Å². The van der Waals surface area contributed by atoms with Gasteiger partial charge in [-0.1, -0.05) is 30.7 Å². The molecule has 2 N–H and O–H groups in total. The first-order valence-electron chi connectivity index (χ1n) is 4.21. The Hall–Kier alpha value is -0.600. The van der Waals surface area contributed by atoms with Crippen molar-refractivity contribution in [2.45, 2.75) is 26.9 Å². The molecule has 0 bridgehead atoms. The van der Waals surface area contributed by atoms with Gasteiger partial charge in [0.1, 0.15) is 0 Å². The van der Waals surface area contributed by atoms with Gasteiger partial charge in [-0.2, -0.15) is 0 Å². The van der Waals surface area contributed by atoms with Crippen LogP contribution < -0.4 is 0 Å². The second kappa shape index (κ2) is 5.98. The van der Waals surface area contributed by atoms with Crippen molar-refractivity contribution in [1.29, 1.82) is 0 Å². The molecule has 0 aliphatic rings. The van der Waals surface area contributed by atoms with E-state index in [1.165, 1.54) is 0 Å². The van der Waals surface area contributed by atoms with Crippen LogP contribution >= 0.6 is 0 Å². The Bertz CT molecular complexity index is 171. The normalized spacial score (nSPS) is 18.2. The molecule has 0 aliphatic carbocycles. The van der Waals surface area contributed by atoms with Gasteiger partial charge in [0, 0.05) is 5.92 Å². The van der Waals surface area contributed by atoms with Crippen LogP contribution in [0.4, 0.5) is 0 Å². The van der Waals surface area contributed by atoms with Crippen molar-refractivity contribution in [3.63, 3.8) is 0 Å². The molecule has 0 radical (unpaired) electrons. The Morgan fingerprint density at radius 1 is 1.50 bits per heavy atom. The summed E-state index contributed by atoms with van der Waals surface area (Å²) < 4.78 is 0. The van der Waals surface area contributed by atoms with E-state index in [4.69, 9.17) is 5.11 Å². The molecule has 70 valence electrons. The summed E-state index contributed by atoms with van der Waals surface area (Å²) >= 11 is 0. The molecule has 0 saturated carbocycles. The standard InChI is InChI=1S/C10H18O2/c1-4-5-8(2)6-9(3)10(12)7-11/h4-6,9-12H,7H2,1-3H3/b5-4+,8-6-/t9-,10+/m1/s1. The maximum atomic E-state index is 9.22. The van der Waals surface area contributed by atoms with E-state index in [9.17, 15) is 5.11 Å². The summed E-state index contributed by atoms with van der Waals surface area (Å²) in [6, 6.07) is 0. The molecule has 0 amide bonds. The summed E-state index contributed by atoms with van der Waals surface area (Å²) in [7, 11) is 0. The van der Waals surface area contributed by atoms with Crippen molar-refractivity contribution in [3.05, 3.63) is 23.8 Å². The highest BCUT2D eigenvalue weighted by Gasteiger charge is 2.09. The Balaban J connectivity index is 4.12. The molecule has 0 saturated heterocycles. The molecule has 2 atom stereocenters. The number of rotatable bonds is 4. The predicted octanol–water partition coefficient (Wildman–Crippen LogP) is 1.50. The fourth-order valence-corrected chi connectivity index (χ4v) is 1.01. The second-order valence-electron chi connectivity index (χ2n) is 3.02. The van der Waals surface area contributed by atoms with Crippen LogP contribution in [-0.2, 0) is 0 Å². The minimum Gasteiger partial charge on any atom is -0.394 e. The van der Waals surface area contributed by atoms with Crippen LogP contribution in [-0.4, -0.2) is 22.9 Å². The number of aliphatic hydroxyl groups is 2. The van der Waals surface area contributed by atoms with Gasteiger partial charge in [-0.15, -0.1) is 0 Å². The molecule has 0 aromatic heterocycles. The maximum absolute atomic E-state index is 9.22. The average molecular weight is 170 g/mol. The lowest BCUT2D eigenvalue weighted by molar-refractivity contribution is 0.0683. The zero-order chi connectivity index (χ0) is 9.56. The summed E-state index contributed by atoms with van der Waals surface area (Å²) in [6.45, 7) is 5.62. The molecule has 0 aromatic carbocycles. The summed E-state index contributed by atoms with van der Waals surface area (Å²) in [5.74, 6) is 0.00574. The molecule has 0 spiro atoms. The van der Waals surface area contributed by atoms with Gasteiger partial charge in [-0.25, -0.2) is 0 Å². The maximum Gasteiger partial charge on any atom is 0.0830 e. The van der Waals surface area contributed by atoms with Gasteiger partial charge in [0.05, 0.1) is 12.7 Å². The minimum atomic E-state index is -0.648. The topological polar surface area (TPSA) is 40.5 Å². The number of hydrogen-bond donors (Lipinski definition) is 2. The molecule has 0 unspecified atom stereocenters. The van der Waals surface area contributed by atoms with Gasteiger partial charge in [-0.3, -0.25) is 0 Å². The smallest absolute Gasteiger partial charge is 0.0830 e. The largest absolute Gasteiger partial charge is 0.394 e. The third-order valence-corrected chi connectivity index (χ3v) is 1.75. The molecule has 0 heterocycles. The molecule has 0 aliphatic heterocycles. The van der Waals surface area contributed by atoms with Crippen LogP contribution in [0, 0.1) is 5.92 Å². The molecule has 0 fully saturated rings. The fourth-order valence-electron chi connectivity index (χ4n) is 1.01. The predicted molar refractivity (Wildman–Crippen MR) is 50.8 cm³/mol. The molecule has 12 heavy (non-hydrogen) atoms. The Kier molecular flexibility index (Phi) is 5.68. The molecule has 2 nitrogen and oxygen atoms in total. The van der Waals surface area contributed by atoms with Crippen molar-refractivity contribution >= 4 is 0 Å². The monoisotopic (exact) mass is 170 g/mol. The molecule has 0 aromatic rings. The lowest BCUT2D eigenvalue weighted by atomic mass is 10.0. The third-order valence-electron chi connectivity index (χ3n) is 1.75. The lowest BCUT2D eigenvalue weighted by Gasteiger charge is -2.12. The quantitative estimate of drug-likeness (QED) is 0.628. The van der Waals surface area contributed by atoms with Crippen LogP contribution in [0.3, 0.4) is 0 Å². The zero-order valence-corrected chi connectivity index (χ0v) is 7.99. The summed E-state index contributed by atoms with van der Waals surface area (Å²) in [6.07, 6.45) is 5.22. The first kappa shape index (κ1) is 11.4. The lowest BCUT2D eigenvalue weighted by Crippen LogP contribution is -2.20. The number of aliphatic hydroxyl groups excluding tert-OH is 2. The van der Waals surface area contributed by atoms with Crippen molar-refractivity contribution in [3.8, 4) is 0 Å². The van der Waals surface area contributed by atoms with E-state index in [2.05, 4.69) is 0 Å². The molecule has 2 heteroatoms. The van der Waals surface area contributed by atoms with E-state index in [1.807, 2.05) is 39.0 Å². The van der Waals surface area contributed by atoms with Gasteiger partial charge in [0.2, 0.25) is 0 Å². The van der Waals surface area contributed by atoms with Crippen molar-refractivity contribution in [2.75, 3.05) is 6.61 Å². The third kappa shape index (κ3) is 4.31. The van der Waals surface area contributed by atoms with Crippen LogP contribution in [0.1, 0.15) is 20.8 Å². The van der Waals surface area contributed by atoms with Gasteiger partial charge in [-0.05, 0) is 13.8 Å². The highest BCUT2D eigenvalue weighted by molar-refractivity contribution is 5.16. The van der Waals surface area contributed by atoms with Gasteiger partial charge in [0.25, 0.3) is 0 Å². The molecule has 0 rings (SSSR count). The minimum absolute atomic E-state index is 0.00574. The van der Waals surface area contributed by atoms with Crippen molar-refractivity contribution in [1.82, 2.24) is 0 Å². The zero-order valence-electron chi connectivity index (χ0n) is 7.99. The van der Waals surface area contributed by atoms with E-state index in [0.29, 0.717) is 0 Å². The van der Waals surface area contributed by atoms with Crippen LogP contribution in [0.25, 0.3) is 0 Å². The average Bonchev–Trinajstić information content (AvgIpc) is 2.03. The van der Waals surface area contributed by atoms with Crippen molar-refractivity contribution < 1.29 is 10.2 Å². The van der Waals surface area contributed by atoms with E-state index >= 15 is 0 Å². The fraction of sp³-hybridized carbons (Fsp3) is 0.600. The first-order chi connectivity index (χ1) is 5.61. The van der Waals surface area contributed by atoms with Gasteiger partial charge in [0.15, 0.2) is 0 Å². The summed E-state index contributed by atoms with van der Waals surface area (Å²) in [5, 5.41) is 17.9. The Labute approximate surface area is 74.2 Å². The SMILES string of the molecule is C/C=C/C(C)=C\[C@@H](C)[C@@H](O)CO. The first-order valence-corrected chi connectivity index (χ1v) is 4.21. The second-order valence-corrected chi connectivity index (χ2v) is 3.02. The summed E-state index contributed by atoms with van der Waals surface area (Å²) in [4.78, 5) is 0. The van der Waals surface area contributed by atoms with E-state index < -0.39 is 6.10 Å². The van der Waals surface area contributed by atoms with Crippen LogP contribution in [0.15, 0.2) is 23.8 Å². The van der Waals surface area contributed by atoms with Gasteiger partial charge >= 0.3 is 0 Å². The number of hydrogen-bond acceptors (Lipinski definition) is 2. The van der Waals surface area contributed by atoms with Crippen molar-refractivity contribution in [2.24, 2.45) is 5.92 Å². The highest BCUT2D eigenvalue weighted by atomic mass is 16.3. The molecular weight excluding hydrogens is 152 g/mol. The molecular formula is C10H18O2. The Morgan fingerprint density at radius 2 is 2.08 bits per heavy atom. The van der Waals surface area contributed by atoms with Gasteiger partial charge < -0.3 is 10.2 Å². The van der Waals surface area contributed by atoms with E-state index in [1.54, 1.807) is 0 Å². The summed E-state index contributed by atoms with van der Waals surface area (Å²) in [5.41, 5.74) is 1.11. The Morgan fingerprint density at radius 3 is 2.50 bits per heavy atom. The van der Waals surface area contributed by atoms with E-state index in [-0.39, 0.29) is 12.5 Å². The highest BCUT2D eigenvalue weighted by Crippen LogP contribution is 2.08. The number of allylic oxidation sites excluding steroid dienone is 3. The van der Waals surface area contributed by atoms with Crippen LogP contribution in [0.5, 0.6) is 0 Å². The van der Waals surface area contributed by atoms with Crippen LogP contribution in [0.2, 0.25) is 0 Å².